The van der Waals surface area contributed by atoms with Crippen LogP contribution in [0.1, 0.15) is 80.6 Å². The highest BCUT2D eigenvalue weighted by Crippen LogP contribution is 2.61. The van der Waals surface area contributed by atoms with Crippen molar-refractivity contribution in [2.24, 2.45) is 0 Å². The Morgan fingerprint density at radius 3 is 0.782 bits per heavy atom. The van der Waals surface area contributed by atoms with Gasteiger partial charge in [0.05, 0.1) is 194 Å². The van der Waals surface area contributed by atoms with Crippen molar-refractivity contribution in [3.05, 3.63) is 325 Å². The van der Waals surface area contributed by atoms with Gasteiger partial charge in [0.25, 0.3) is 0 Å². The van der Waals surface area contributed by atoms with Gasteiger partial charge in [-0.3, -0.25) is 4.79 Å². The number of hydrogen-bond acceptors (Lipinski definition) is 24. The second-order valence-electron chi connectivity index (χ2n) is 36.1. The van der Waals surface area contributed by atoms with Crippen molar-refractivity contribution in [2.75, 3.05) is 126 Å². The van der Waals surface area contributed by atoms with Crippen LogP contribution in [0.25, 0.3) is 33.1 Å². The molecule has 15 aromatic carbocycles. The minimum absolute atomic E-state index is 0.0186. The number of rotatable bonds is 20. The SMILES string of the molecule is COc1cc(OC)c(-n2c3ccc(C)cc3c(=O)c3cc(C)ccc32)c(OC)c1.COc1cc(OC)c(N2c3ccc(C)cc3C(=C(C)C)c3cc(C)ccc32)c(OC)c1.COc1cc(OC)c(N2c3ccc(C)cc3S(=O)(=O)c3cc(C)ccc32)c(OC)c1.COc1cc(OC)c(N2c3ccc(C)cc3S(=O)c3cc(C)ccc32)c(OC)c1.COc1cc(OC)c(N2c3ccc(C)cc3Sc3cc(C)ccc32)c(OC)c1. The van der Waals surface area contributed by atoms with Crippen LogP contribution in [0, 0.1) is 69.2 Å². The predicted molar refractivity (Wildman–Crippen MR) is 589 cm³/mol. The Morgan fingerprint density at radius 1 is 0.259 bits per heavy atom. The molecule has 0 aliphatic carbocycles. The van der Waals surface area contributed by atoms with Gasteiger partial charge >= 0.3 is 0 Å². The van der Waals surface area contributed by atoms with Crippen LogP contribution in [0.15, 0.2) is 282 Å². The lowest BCUT2D eigenvalue weighted by atomic mass is 9.85. The number of aromatic nitrogens is 1. The lowest BCUT2D eigenvalue weighted by Crippen LogP contribution is -2.23. The fraction of sp³-hybridized carbons (Fsp3) is 0.225. The molecule has 0 atom stereocenters. The number of pyridine rings is 1. The molecule has 20 rings (SSSR count). The third kappa shape index (κ3) is 19.9. The second-order valence-corrected chi connectivity index (χ2v) is 40.5. The van der Waals surface area contributed by atoms with Crippen LogP contribution in [-0.4, -0.2) is 124 Å². The van der Waals surface area contributed by atoms with Crippen molar-refractivity contribution in [3.8, 4) is 91.9 Å². The first kappa shape index (κ1) is 104. The Bertz CT molecular complexity index is 7680. The molecule has 27 heteroatoms. The Labute approximate surface area is 866 Å². The van der Waals surface area contributed by atoms with Crippen molar-refractivity contribution in [1.29, 1.82) is 0 Å². The fourth-order valence-electron chi connectivity index (χ4n) is 18.9. The van der Waals surface area contributed by atoms with E-state index in [9.17, 15) is 17.4 Å². The fourth-order valence-corrected chi connectivity index (χ4v) is 23.5. The number of fused-ring (bicyclic) bond motifs is 10. The molecule has 0 radical (unpaired) electrons. The third-order valence-corrected chi connectivity index (χ3v) is 30.4. The van der Waals surface area contributed by atoms with Crippen molar-refractivity contribution in [1.82, 2.24) is 4.57 Å². The number of anilines is 12. The van der Waals surface area contributed by atoms with E-state index in [-0.39, 0.29) is 15.2 Å². The summed E-state index contributed by atoms with van der Waals surface area (Å²) in [5.41, 5.74) is 28.3. The Balaban J connectivity index is 0.000000131. The molecule has 758 valence electrons. The van der Waals surface area contributed by atoms with E-state index >= 15 is 0 Å². The van der Waals surface area contributed by atoms with E-state index in [2.05, 4.69) is 129 Å². The summed E-state index contributed by atoms with van der Waals surface area (Å²) in [5, 5.41) is 1.31. The quantitative estimate of drug-likeness (QED) is 0.0647. The molecule has 147 heavy (non-hydrogen) atoms. The molecule has 0 amide bonds. The highest BCUT2D eigenvalue weighted by molar-refractivity contribution is 7.99. The molecule has 0 fully saturated rings. The number of ether oxygens (including phenoxy) is 15. The molecular formula is C120H121N5O19S3. The van der Waals surface area contributed by atoms with E-state index < -0.39 is 20.6 Å². The molecule has 4 aliphatic rings. The predicted octanol–water partition coefficient (Wildman–Crippen LogP) is 28.2. The normalized spacial score (nSPS) is 12.5. The van der Waals surface area contributed by atoms with Gasteiger partial charge in [-0.15, -0.1) is 0 Å². The lowest BCUT2D eigenvalue weighted by molar-refractivity contribution is 0.373. The lowest BCUT2D eigenvalue weighted by Gasteiger charge is -2.37. The molecule has 0 saturated heterocycles. The molecule has 0 spiro atoms. The molecule has 0 bridgehead atoms. The van der Waals surface area contributed by atoms with Crippen molar-refractivity contribution in [3.63, 3.8) is 0 Å². The Hall–Kier alpha value is -15.8. The average molecular weight is 2030 g/mol. The molecular weight excluding hydrogens is 1910 g/mol. The zero-order valence-electron chi connectivity index (χ0n) is 87.8. The van der Waals surface area contributed by atoms with Crippen LogP contribution >= 0.6 is 11.8 Å². The number of sulfone groups is 1. The molecule has 24 nitrogen and oxygen atoms in total. The van der Waals surface area contributed by atoms with Gasteiger partial charge in [-0.25, -0.2) is 12.6 Å². The topological polar surface area (TPSA) is 225 Å². The summed E-state index contributed by atoms with van der Waals surface area (Å²) in [6, 6.07) is 79.2. The molecule has 5 heterocycles. The zero-order chi connectivity index (χ0) is 105. The average Bonchev–Trinajstić information content (AvgIpc) is 0.713. The maximum atomic E-state index is 13.5. The number of benzene rings is 15. The Morgan fingerprint density at radius 2 is 0.490 bits per heavy atom. The number of methoxy groups -OCH3 is 15. The van der Waals surface area contributed by atoms with Crippen LogP contribution in [-0.2, 0) is 20.6 Å². The molecule has 0 N–H and O–H groups in total. The van der Waals surface area contributed by atoms with Gasteiger partial charge in [-0.2, -0.15) is 0 Å². The van der Waals surface area contributed by atoms with Crippen LogP contribution in [0.4, 0.5) is 68.2 Å². The second kappa shape index (κ2) is 43.6. The summed E-state index contributed by atoms with van der Waals surface area (Å²) in [6.45, 7) is 24.6. The van der Waals surface area contributed by atoms with Gasteiger partial charge in [-0.1, -0.05) is 100 Å². The summed E-state index contributed by atoms with van der Waals surface area (Å²) in [6.07, 6.45) is 0. The number of nitrogens with zero attached hydrogens (tertiary/aromatic N) is 5. The zero-order valence-corrected chi connectivity index (χ0v) is 90.3. The number of allylic oxidation sites excluding steroid dienone is 1. The van der Waals surface area contributed by atoms with Crippen LogP contribution in [0.3, 0.4) is 0 Å². The summed E-state index contributed by atoms with van der Waals surface area (Å²) in [5.74, 6) is 9.38. The molecule has 0 saturated carbocycles. The smallest absolute Gasteiger partial charge is 0.210 e. The first-order chi connectivity index (χ1) is 70.7. The summed E-state index contributed by atoms with van der Waals surface area (Å²) in [7, 11) is 19.4. The van der Waals surface area contributed by atoms with Gasteiger partial charge in [0.2, 0.25) is 9.84 Å². The van der Waals surface area contributed by atoms with Crippen LogP contribution in [0.5, 0.6) is 86.2 Å². The van der Waals surface area contributed by atoms with E-state index in [0.717, 1.165) is 111 Å². The van der Waals surface area contributed by atoms with Crippen LogP contribution in [0.2, 0.25) is 0 Å². The maximum Gasteiger partial charge on any atom is 0.210 e. The van der Waals surface area contributed by atoms with Gasteiger partial charge in [-0.05, 0) is 243 Å². The van der Waals surface area contributed by atoms with E-state index in [1.807, 2.05) is 197 Å². The first-order valence-corrected chi connectivity index (χ1v) is 50.8. The van der Waals surface area contributed by atoms with E-state index in [4.69, 9.17) is 71.1 Å². The molecule has 4 aliphatic heterocycles. The van der Waals surface area contributed by atoms with Crippen molar-refractivity contribution < 1.29 is 83.7 Å². The molecule has 1 aromatic heterocycles. The minimum atomic E-state index is -3.69. The van der Waals surface area contributed by atoms with E-state index in [1.165, 1.54) is 54.3 Å². The third-order valence-electron chi connectivity index (χ3n) is 26.0. The van der Waals surface area contributed by atoms with E-state index in [0.29, 0.717) is 114 Å². The van der Waals surface area contributed by atoms with E-state index in [1.54, 1.807) is 143 Å². The minimum Gasteiger partial charge on any atom is -0.496 e. The highest BCUT2D eigenvalue weighted by atomic mass is 32.2. The maximum absolute atomic E-state index is 13.5. The van der Waals surface area contributed by atoms with Crippen LogP contribution < -0.4 is 96.1 Å². The van der Waals surface area contributed by atoms with Gasteiger partial charge in [0, 0.05) is 92.4 Å². The first-order valence-electron chi connectivity index (χ1n) is 47.4. The largest absolute Gasteiger partial charge is 0.496 e. The summed E-state index contributed by atoms with van der Waals surface area (Å²) in [4.78, 5) is 26.1. The van der Waals surface area contributed by atoms with Gasteiger partial charge in [0.1, 0.15) is 115 Å². The monoisotopic (exact) mass is 2030 g/mol. The molecule has 16 aromatic rings. The van der Waals surface area contributed by atoms with Crippen molar-refractivity contribution >= 4 is 128 Å². The van der Waals surface area contributed by atoms with Crippen molar-refractivity contribution in [2.45, 2.75) is 112 Å². The number of aryl methyl sites for hydroxylation is 10. The summed E-state index contributed by atoms with van der Waals surface area (Å²) >= 11 is 1.80. The highest BCUT2D eigenvalue weighted by Gasteiger charge is 2.41. The molecule has 0 unspecified atom stereocenters. The van der Waals surface area contributed by atoms with Gasteiger partial charge in [0.15, 0.2) is 5.43 Å². The standard InChI is InChI=1S/C27H29NO3.C24H23NO4.C23H23NO5S.C23H23NO4S.C23H23NO3S/c1-16(2)26-20-12-17(3)8-10-22(20)28(23-11-9-18(4)13-21(23)26)27-24(30-6)14-19(29-5)15-25(27)31-7;1-14-6-8-19-17(10-14)24(26)18-11-15(2)7-9-20(18)25(19)23-21(28-4)12-16(27-3)13-22(23)29-5;1-14-6-8-17-21(10-14)30(25,26)22-11-15(2)7-9-18(22)24(17)23-19(28-4)12-16(27-3)13-20(23)29-5;1-14-6-8-17-21(10-14)29(25)22-11-15(2)7-9-18(22)24(17)23-19(27-4)12-16(26-3)13-20(23)28-5;1-14-6-8-17-21(10-14)28-22-11-15(2)7-9-18(22)24(17)23-19(26-4)12-16(25-3)13-20(23)27-5/h8-15H,1-7H3;6-13H,1-5H3;6-13H,1-5H3;6-13H,1-5H3;6-13H,1-5H3. The van der Waals surface area contributed by atoms with Gasteiger partial charge < -0.3 is 95.2 Å². The number of hydrogen-bond donors (Lipinski definition) is 0. The summed E-state index contributed by atoms with van der Waals surface area (Å²) < 4.78 is 127. The Kier molecular flexibility index (Phi) is 30.9.